The van der Waals surface area contributed by atoms with E-state index in [2.05, 4.69) is 5.43 Å². The minimum Gasteiger partial charge on any atom is -0.693 e. The van der Waals surface area contributed by atoms with E-state index < -0.39 is 0 Å². The molecule has 0 aliphatic carbocycles. The molecule has 0 saturated heterocycles. The Hall–Kier alpha value is -1.71. The molecule has 0 fully saturated rings. The molecule has 4 heteroatoms. The van der Waals surface area contributed by atoms with Gasteiger partial charge in [0, 0.05) is 0 Å². The van der Waals surface area contributed by atoms with Crippen molar-refractivity contribution in [3.05, 3.63) is 41.1 Å². The summed E-state index contributed by atoms with van der Waals surface area (Å²) in [7, 11) is 0. The zero-order chi connectivity index (χ0) is 8.81. The molecule has 0 saturated carbocycles. The Bertz CT molecular complexity index is 258. The molecule has 0 amide bonds. The van der Waals surface area contributed by atoms with Gasteiger partial charge >= 0.3 is 0 Å². The summed E-state index contributed by atoms with van der Waals surface area (Å²) in [4.78, 5) is 0.479. The molecule has 0 spiro atoms. The SMILES string of the molecule is NC=[N+]([O-])NCc1ccccc1. The van der Waals surface area contributed by atoms with Crippen LogP contribution in [0.3, 0.4) is 0 Å². The van der Waals surface area contributed by atoms with E-state index in [0.29, 0.717) is 11.4 Å². The van der Waals surface area contributed by atoms with E-state index >= 15 is 0 Å². The molecule has 0 heterocycles. The first kappa shape index (κ1) is 8.39. The molecule has 64 valence electrons. The maximum absolute atomic E-state index is 10.6. The number of hydrogen-bond donors (Lipinski definition) is 2. The Kier molecular flexibility index (Phi) is 2.95. The Morgan fingerprint density at radius 3 is 2.67 bits per heavy atom. The minimum absolute atomic E-state index is 0.479. The number of nitrogens with zero attached hydrogens (tertiary/aromatic N) is 1. The number of hydrazine groups is 1. The Morgan fingerprint density at radius 2 is 2.08 bits per heavy atom. The highest BCUT2D eigenvalue weighted by molar-refractivity contribution is 5.44. The van der Waals surface area contributed by atoms with Crippen LogP contribution in [0.15, 0.2) is 30.3 Å². The number of benzene rings is 1. The predicted octanol–water partition coefficient (Wildman–Crippen LogP) is 0.188. The van der Waals surface area contributed by atoms with Gasteiger partial charge in [0.15, 0.2) is 0 Å². The van der Waals surface area contributed by atoms with Gasteiger partial charge in [0.1, 0.15) is 0 Å². The van der Waals surface area contributed by atoms with Crippen LogP contribution in [0.1, 0.15) is 5.56 Å². The van der Waals surface area contributed by atoms with Gasteiger partial charge in [0.2, 0.25) is 0 Å². The van der Waals surface area contributed by atoms with Crippen molar-refractivity contribution in [1.82, 2.24) is 5.43 Å². The summed E-state index contributed by atoms with van der Waals surface area (Å²) in [6.45, 7) is 0.484. The molecule has 0 aliphatic rings. The molecule has 1 aromatic carbocycles. The molecular formula is C8H11N3O. The molecule has 0 atom stereocenters. The van der Waals surface area contributed by atoms with Crippen molar-refractivity contribution in [2.24, 2.45) is 5.73 Å². The Labute approximate surface area is 70.9 Å². The van der Waals surface area contributed by atoms with Crippen molar-refractivity contribution in [2.45, 2.75) is 6.54 Å². The molecule has 12 heavy (non-hydrogen) atoms. The number of hydrazone groups is 1. The summed E-state index contributed by atoms with van der Waals surface area (Å²) in [6, 6.07) is 9.61. The zero-order valence-corrected chi connectivity index (χ0v) is 6.60. The van der Waals surface area contributed by atoms with Crippen LogP contribution >= 0.6 is 0 Å². The number of hydrogen-bond acceptors (Lipinski definition) is 2. The van der Waals surface area contributed by atoms with Gasteiger partial charge in [0.05, 0.1) is 6.54 Å². The highest BCUT2D eigenvalue weighted by Crippen LogP contribution is 1.96. The molecular weight excluding hydrogens is 154 g/mol. The van der Waals surface area contributed by atoms with Crippen molar-refractivity contribution in [3.63, 3.8) is 0 Å². The van der Waals surface area contributed by atoms with Crippen molar-refractivity contribution >= 4 is 6.34 Å². The maximum atomic E-state index is 10.6. The van der Waals surface area contributed by atoms with E-state index in [0.717, 1.165) is 11.9 Å². The summed E-state index contributed by atoms with van der Waals surface area (Å²) in [6.07, 6.45) is 0.933. The highest BCUT2D eigenvalue weighted by atomic mass is 16.5. The third-order valence-electron chi connectivity index (χ3n) is 1.42. The summed E-state index contributed by atoms with van der Waals surface area (Å²) in [5.74, 6) is 0. The quantitative estimate of drug-likeness (QED) is 0.221. The van der Waals surface area contributed by atoms with E-state index in [9.17, 15) is 5.21 Å². The summed E-state index contributed by atoms with van der Waals surface area (Å²) < 4.78 is 0. The molecule has 3 N–H and O–H groups in total. The van der Waals surface area contributed by atoms with Gasteiger partial charge in [-0.1, -0.05) is 30.3 Å². The third kappa shape index (κ3) is 2.49. The second-order valence-electron chi connectivity index (χ2n) is 2.30. The lowest BCUT2D eigenvalue weighted by Crippen LogP contribution is -2.26. The number of nitrogens with one attached hydrogen (secondary N) is 1. The van der Waals surface area contributed by atoms with Gasteiger partial charge < -0.3 is 5.21 Å². The largest absolute Gasteiger partial charge is 0.693 e. The van der Waals surface area contributed by atoms with Gasteiger partial charge in [0.25, 0.3) is 6.34 Å². The highest BCUT2D eigenvalue weighted by Gasteiger charge is 1.89. The molecule has 0 bridgehead atoms. The Morgan fingerprint density at radius 1 is 1.42 bits per heavy atom. The fraction of sp³-hybridized carbons (Fsp3) is 0.125. The molecule has 1 aromatic rings. The van der Waals surface area contributed by atoms with Gasteiger partial charge in [-0.15, -0.1) is 0 Å². The van der Waals surface area contributed by atoms with Crippen molar-refractivity contribution in [3.8, 4) is 0 Å². The van der Waals surface area contributed by atoms with Gasteiger partial charge in [-0.3, -0.25) is 11.2 Å². The van der Waals surface area contributed by atoms with Gasteiger partial charge in [-0.25, -0.2) is 0 Å². The first-order valence-corrected chi connectivity index (χ1v) is 3.62. The smallest absolute Gasteiger partial charge is 0.256 e. The fourth-order valence-corrected chi connectivity index (χ4v) is 0.818. The van der Waals surface area contributed by atoms with Crippen molar-refractivity contribution < 1.29 is 4.85 Å². The Balaban J connectivity index is 2.44. The van der Waals surface area contributed by atoms with E-state index in [-0.39, 0.29) is 0 Å². The third-order valence-corrected chi connectivity index (χ3v) is 1.42. The maximum Gasteiger partial charge on any atom is 0.256 e. The molecule has 0 aliphatic heterocycles. The summed E-state index contributed by atoms with van der Waals surface area (Å²) in [5, 5.41) is 10.6. The zero-order valence-electron chi connectivity index (χ0n) is 6.60. The number of nitrogens with two attached hydrogens (primary N) is 1. The average Bonchev–Trinajstić information content (AvgIpc) is 2.16. The van der Waals surface area contributed by atoms with Crippen molar-refractivity contribution in [1.29, 1.82) is 0 Å². The topological polar surface area (TPSA) is 64.1 Å². The van der Waals surface area contributed by atoms with Crippen LogP contribution in [0.5, 0.6) is 0 Å². The van der Waals surface area contributed by atoms with E-state index in [1.54, 1.807) is 0 Å². The fourth-order valence-electron chi connectivity index (χ4n) is 0.818. The van der Waals surface area contributed by atoms with E-state index in [1.807, 2.05) is 30.3 Å². The van der Waals surface area contributed by atoms with Gasteiger partial charge in [-0.2, -0.15) is 4.85 Å². The molecule has 0 unspecified atom stereocenters. The van der Waals surface area contributed by atoms with Crippen LogP contribution in [-0.2, 0) is 6.54 Å². The van der Waals surface area contributed by atoms with Crippen molar-refractivity contribution in [2.75, 3.05) is 0 Å². The molecule has 1 rings (SSSR count). The number of rotatable bonds is 3. The van der Waals surface area contributed by atoms with E-state index in [4.69, 9.17) is 5.73 Å². The van der Waals surface area contributed by atoms with Crippen LogP contribution in [-0.4, -0.2) is 11.2 Å². The average molecular weight is 165 g/mol. The van der Waals surface area contributed by atoms with Gasteiger partial charge in [-0.05, 0) is 5.56 Å². The standard InChI is InChI=1S/C8H11N3O/c9-7-11(12)10-6-8-4-2-1-3-5-8/h1-5,7,10H,6,9H2. The van der Waals surface area contributed by atoms with E-state index in [1.165, 1.54) is 0 Å². The molecule has 0 aromatic heterocycles. The first-order valence-electron chi connectivity index (χ1n) is 3.62. The first-order chi connectivity index (χ1) is 5.83. The lowest BCUT2D eigenvalue weighted by Gasteiger charge is -2.09. The molecule has 0 radical (unpaired) electrons. The monoisotopic (exact) mass is 165 g/mol. The van der Waals surface area contributed by atoms with Crippen LogP contribution < -0.4 is 11.2 Å². The predicted molar refractivity (Wildman–Crippen MR) is 47.2 cm³/mol. The van der Waals surface area contributed by atoms with Crippen LogP contribution in [0.2, 0.25) is 0 Å². The summed E-state index contributed by atoms with van der Waals surface area (Å²) >= 11 is 0. The second-order valence-corrected chi connectivity index (χ2v) is 2.30. The molecule has 4 nitrogen and oxygen atoms in total. The lowest BCUT2D eigenvalue weighted by atomic mass is 10.2. The minimum atomic E-state index is 0.479. The normalized spacial score (nSPS) is 11.2. The summed E-state index contributed by atoms with van der Waals surface area (Å²) in [5.41, 5.74) is 8.55. The van der Waals surface area contributed by atoms with Crippen LogP contribution in [0.4, 0.5) is 0 Å². The second kappa shape index (κ2) is 4.23. The lowest BCUT2D eigenvalue weighted by molar-refractivity contribution is -0.522. The van der Waals surface area contributed by atoms with Crippen LogP contribution in [0, 0.1) is 5.21 Å². The van der Waals surface area contributed by atoms with Crippen LogP contribution in [0.25, 0.3) is 0 Å².